The Hall–Kier alpha value is -2.59. The van der Waals surface area contributed by atoms with E-state index in [4.69, 9.17) is 14.6 Å². The number of hydrogen-bond acceptors (Lipinski definition) is 4. The quantitative estimate of drug-likeness (QED) is 0.305. The molecule has 150 valence electrons. The van der Waals surface area contributed by atoms with Crippen molar-refractivity contribution in [3.8, 4) is 5.75 Å². The van der Waals surface area contributed by atoms with Crippen LogP contribution in [-0.4, -0.2) is 31.4 Å². The minimum Gasteiger partial charge on any atom is -0.493 e. The number of ether oxygens (including phenoxy) is 2. The third kappa shape index (κ3) is 7.57. The van der Waals surface area contributed by atoms with E-state index >= 15 is 0 Å². The maximum Gasteiger partial charge on any atom is 0.337 e. The zero-order chi connectivity index (χ0) is 20.0. The molecule has 0 saturated heterocycles. The maximum absolute atomic E-state index is 11.5. The van der Waals surface area contributed by atoms with Gasteiger partial charge in [0.1, 0.15) is 5.75 Å². The molecule has 0 aromatic heterocycles. The van der Waals surface area contributed by atoms with Gasteiger partial charge in [-0.25, -0.2) is 4.79 Å². The highest BCUT2D eigenvalue weighted by Crippen LogP contribution is 2.21. The molecule has 2 aromatic rings. The Labute approximate surface area is 167 Å². The van der Waals surface area contributed by atoms with Crippen LogP contribution in [0.1, 0.15) is 60.0 Å². The van der Waals surface area contributed by atoms with Gasteiger partial charge in [0, 0.05) is 12.2 Å². The van der Waals surface area contributed by atoms with Crippen molar-refractivity contribution in [2.75, 3.05) is 20.3 Å². The topological polar surface area (TPSA) is 55.8 Å². The van der Waals surface area contributed by atoms with Crippen molar-refractivity contribution in [2.24, 2.45) is 0 Å². The normalized spacial score (nSPS) is 10.9. The smallest absolute Gasteiger partial charge is 0.337 e. The third-order valence-corrected chi connectivity index (χ3v) is 4.52. The van der Waals surface area contributed by atoms with Crippen molar-refractivity contribution >= 4 is 18.1 Å². The van der Waals surface area contributed by atoms with Gasteiger partial charge in [-0.2, -0.15) is 0 Å². The fourth-order valence-corrected chi connectivity index (χ4v) is 2.89. The molecule has 0 spiro atoms. The summed E-state index contributed by atoms with van der Waals surface area (Å²) >= 11 is 0. The molecule has 0 fully saturated rings. The highest BCUT2D eigenvalue weighted by Gasteiger charge is 2.04. The maximum atomic E-state index is 11.5. The average Bonchev–Trinajstić information content (AvgIpc) is 2.74. The zero-order valence-electron chi connectivity index (χ0n) is 16.6. The molecule has 0 atom stereocenters. The molecule has 0 aliphatic carbocycles. The number of esters is 1. The van der Waals surface area contributed by atoms with Crippen LogP contribution in [0.4, 0.5) is 0 Å². The van der Waals surface area contributed by atoms with E-state index in [2.05, 4.69) is 0 Å². The molecule has 0 bridgehead atoms. The van der Waals surface area contributed by atoms with Crippen molar-refractivity contribution in [2.45, 2.75) is 38.5 Å². The molecule has 4 nitrogen and oxygen atoms in total. The van der Waals surface area contributed by atoms with E-state index in [1.807, 2.05) is 48.6 Å². The SMILES string of the molecule is COC(=O)c1ccc(C=Cc2ccccc2OCCCCCCCCO)cc1. The third-order valence-electron chi connectivity index (χ3n) is 4.52. The minimum atomic E-state index is -0.331. The molecule has 0 saturated carbocycles. The van der Waals surface area contributed by atoms with Gasteiger partial charge in [-0.3, -0.25) is 0 Å². The van der Waals surface area contributed by atoms with Crippen LogP contribution in [0, 0.1) is 0 Å². The lowest BCUT2D eigenvalue weighted by Crippen LogP contribution is -2.00. The van der Waals surface area contributed by atoms with Gasteiger partial charge in [0.25, 0.3) is 0 Å². The average molecular weight is 383 g/mol. The molecule has 2 rings (SSSR count). The molecule has 0 heterocycles. The molecule has 0 amide bonds. The van der Waals surface area contributed by atoms with Crippen LogP contribution in [0.15, 0.2) is 48.5 Å². The van der Waals surface area contributed by atoms with E-state index in [9.17, 15) is 4.79 Å². The van der Waals surface area contributed by atoms with Crippen molar-refractivity contribution < 1.29 is 19.4 Å². The first-order valence-electron chi connectivity index (χ1n) is 9.93. The van der Waals surface area contributed by atoms with Gasteiger partial charge in [0.15, 0.2) is 0 Å². The van der Waals surface area contributed by atoms with Gasteiger partial charge in [-0.05, 0) is 36.6 Å². The number of hydrogen-bond donors (Lipinski definition) is 1. The Morgan fingerprint density at radius 1 is 0.893 bits per heavy atom. The summed E-state index contributed by atoms with van der Waals surface area (Å²) < 4.78 is 10.7. The van der Waals surface area contributed by atoms with Crippen LogP contribution < -0.4 is 4.74 Å². The molecule has 0 aliphatic rings. The molecule has 0 unspecified atom stereocenters. The Bertz CT molecular complexity index is 735. The number of aliphatic hydroxyl groups excluding tert-OH is 1. The van der Waals surface area contributed by atoms with Gasteiger partial charge >= 0.3 is 5.97 Å². The summed E-state index contributed by atoms with van der Waals surface area (Å²) in [6, 6.07) is 15.3. The van der Waals surface area contributed by atoms with E-state index in [1.165, 1.54) is 20.0 Å². The molecular formula is C24H30O4. The monoisotopic (exact) mass is 382 g/mol. The predicted octanol–water partition coefficient (Wildman–Crippen LogP) is 5.36. The Morgan fingerprint density at radius 3 is 2.29 bits per heavy atom. The first-order chi connectivity index (χ1) is 13.7. The summed E-state index contributed by atoms with van der Waals surface area (Å²) in [4.78, 5) is 11.5. The summed E-state index contributed by atoms with van der Waals surface area (Å²) in [6.45, 7) is 1.00. The van der Waals surface area contributed by atoms with Crippen LogP contribution >= 0.6 is 0 Å². The fourth-order valence-electron chi connectivity index (χ4n) is 2.89. The number of aliphatic hydroxyl groups is 1. The standard InChI is InChI=1S/C24H30O4/c1-27-24(26)22-16-13-20(14-17-22)12-15-21-10-6-7-11-23(21)28-19-9-5-3-2-4-8-18-25/h6-7,10-17,25H,2-5,8-9,18-19H2,1H3. The van der Waals surface area contributed by atoms with Crippen molar-refractivity contribution in [3.05, 3.63) is 65.2 Å². The summed E-state index contributed by atoms with van der Waals surface area (Å²) in [5.41, 5.74) is 2.58. The van der Waals surface area contributed by atoms with Crippen molar-refractivity contribution in [3.63, 3.8) is 0 Å². The van der Waals surface area contributed by atoms with E-state index in [0.717, 1.165) is 42.6 Å². The minimum absolute atomic E-state index is 0.294. The zero-order valence-corrected chi connectivity index (χ0v) is 16.6. The number of carbonyl (C=O) groups is 1. The van der Waals surface area contributed by atoms with E-state index in [0.29, 0.717) is 18.8 Å². The lowest BCUT2D eigenvalue weighted by atomic mass is 10.1. The first-order valence-corrected chi connectivity index (χ1v) is 9.93. The van der Waals surface area contributed by atoms with Gasteiger partial charge in [-0.1, -0.05) is 68.2 Å². The van der Waals surface area contributed by atoms with E-state index in [1.54, 1.807) is 12.1 Å². The largest absolute Gasteiger partial charge is 0.493 e. The molecular weight excluding hydrogens is 352 g/mol. The van der Waals surface area contributed by atoms with Crippen LogP contribution in [0.2, 0.25) is 0 Å². The van der Waals surface area contributed by atoms with Crippen molar-refractivity contribution in [1.82, 2.24) is 0 Å². The van der Waals surface area contributed by atoms with E-state index < -0.39 is 0 Å². The lowest BCUT2D eigenvalue weighted by molar-refractivity contribution is 0.0600. The summed E-state index contributed by atoms with van der Waals surface area (Å²) in [5.74, 6) is 0.549. The molecule has 4 heteroatoms. The number of unbranched alkanes of at least 4 members (excludes halogenated alkanes) is 5. The number of rotatable bonds is 12. The first kappa shape index (κ1) is 21.7. The van der Waals surface area contributed by atoms with Gasteiger partial charge in [-0.15, -0.1) is 0 Å². The van der Waals surface area contributed by atoms with Crippen LogP contribution in [-0.2, 0) is 4.74 Å². The second-order valence-corrected chi connectivity index (χ2v) is 6.68. The van der Waals surface area contributed by atoms with Gasteiger partial charge in [0.05, 0.1) is 19.3 Å². The van der Waals surface area contributed by atoms with Crippen LogP contribution in [0.3, 0.4) is 0 Å². The Balaban J connectivity index is 1.84. The summed E-state index contributed by atoms with van der Waals surface area (Å²) in [6.07, 6.45) is 10.6. The fraction of sp³-hybridized carbons (Fsp3) is 0.375. The van der Waals surface area contributed by atoms with Crippen LogP contribution in [0.25, 0.3) is 12.2 Å². The molecule has 1 N–H and O–H groups in total. The second kappa shape index (κ2) is 12.7. The van der Waals surface area contributed by atoms with Gasteiger partial charge < -0.3 is 14.6 Å². The molecule has 2 aromatic carbocycles. The molecule has 28 heavy (non-hydrogen) atoms. The predicted molar refractivity (Wildman–Crippen MR) is 113 cm³/mol. The molecule has 0 aliphatic heterocycles. The number of methoxy groups -OCH3 is 1. The number of para-hydroxylation sites is 1. The van der Waals surface area contributed by atoms with Gasteiger partial charge in [0.2, 0.25) is 0 Å². The highest BCUT2D eigenvalue weighted by atomic mass is 16.5. The highest BCUT2D eigenvalue weighted by molar-refractivity contribution is 5.89. The Kier molecular flexibility index (Phi) is 9.87. The summed E-state index contributed by atoms with van der Waals surface area (Å²) in [7, 11) is 1.38. The lowest BCUT2D eigenvalue weighted by Gasteiger charge is -2.09. The molecule has 0 radical (unpaired) electrons. The Morgan fingerprint density at radius 2 is 1.57 bits per heavy atom. The van der Waals surface area contributed by atoms with Crippen molar-refractivity contribution in [1.29, 1.82) is 0 Å². The number of benzene rings is 2. The van der Waals surface area contributed by atoms with E-state index in [-0.39, 0.29) is 5.97 Å². The second-order valence-electron chi connectivity index (χ2n) is 6.68. The number of carbonyl (C=O) groups excluding carboxylic acids is 1. The summed E-state index contributed by atoms with van der Waals surface area (Å²) in [5, 5.41) is 8.78. The van der Waals surface area contributed by atoms with Crippen LogP contribution in [0.5, 0.6) is 5.75 Å².